The lowest BCUT2D eigenvalue weighted by atomic mass is 10.2. The van der Waals surface area contributed by atoms with Crippen LogP contribution >= 0.6 is 0 Å². The summed E-state index contributed by atoms with van der Waals surface area (Å²) in [7, 11) is 1.55. The number of nitrogens with one attached hydrogen (secondary N) is 1. The predicted octanol–water partition coefficient (Wildman–Crippen LogP) is 1.48. The number of hydrogen-bond donors (Lipinski definition) is 2. The van der Waals surface area contributed by atoms with Gasteiger partial charge in [-0.2, -0.15) is 0 Å². The van der Waals surface area contributed by atoms with Gasteiger partial charge in [-0.3, -0.25) is 4.79 Å². The molecule has 1 atom stereocenters. The van der Waals surface area contributed by atoms with Crippen LogP contribution in [0.25, 0.3) is 0 Å². The third-order valence-electron chi connectivity index (χ3n) is 2.60. The zero-order valence-electron chi connectivity index (χ0n) is 11.6. The van der Waals surface area contributed by atoms with Crippen LogP contribution in [0.4, 0.5) is 0 Å². The van der Waals surface area contributed by atoms with Crippen LogP contribution in [0.1, 0.15) is 25.8 Å². The van der Waals surface area contributed by atoms with Crippen LogP contribution in [0.2, 0.25) is 0 Å². The lowest BCUT2D eigenvalue weighted by Crippen LogP contribution is -2.33. The van der Waals surface area contributed by atoms with E-state index in [1.54, 1.807) is 32.2 Å². The van der Waals surface area contributed by atoms with Crippen molar-refractivity contribution in [2.45, 2.75) is 33.0 Å². The van der Waals surface area contributed by atoms with E-state index in [1.807, 2.05) is 6.92 Å². The topological polar surface area (TPSA) is 67.8 Å². The van der Waals surface area contributed by atoms with E-state index in [-0.39, 0.29) is 12.5 Å². The molecule has 5 heteroatoms. The molecule has 0 heterocycles. The summed E-state index contributed by atoms with van der Waals surface area (Å²) in [4.78, 5) is 11.4. The third-order valence-corrected chi connectivity index (χ3v) is 2.60. The van der Waals surface area contributed by atoms with Crippen LogP contribution < -0.4 is 14.8 Å². The first-order valence-electron chi connectivity index (χ1n) is 6.37. The minimum atomic E-state index is -0.628. The fourth-order valence-electron chi connectivity index (χ4n) is 1.53. The monoisotopic (exact) mass is 267 g/mol. The largest absolute Gasteiger partial charge is 0.493 e. The summed E-state index contributed by atoms with van der Waals surface area (Å²) < 4.78 is 11.1. The Morgan fingerprint density at radius 1 is 1.47 bits per heavy atom. The maximum absolute atomic E-state index is 11.4. The van der Waals surface area contributed by atoms with Crippen LogP contribution in [0.5, 0.6) is 11.5 Å². The van der Waals surface area contributed by atoms with Crippen LogP contribution in [-0.4, -0.2) is 30.8 Å². The molecular formula is C14H21NO4. The van der Waals surface area contributed by atoms with E-state index in [2.05, 4.69) is 5.32 Å². The van der Waals surface area contributed by atoms with Crippen LogP contribution in [0, 0.1) is 0 Å². The van der Waals surface area contributed by atoms with Gasteiger partial charge in [0.2, 0.25) is 0 Å². The van der Waals surface area contributed by atoms with Crippen LogP contribution in [0.3, 0.4) is 0 Å². The minimum Gasteiger partial charge on any atom is -0.493 e. The van der Waals surface area contributed by atoms with E-state index in [1.165, 1.54) is 0 Å². The highest BCUT2D eigenvalue weighted by Crippen LogP contribution is 2.26. The molecule has 0 bridgehead atoms. The average Bonchev–Trinajstić information content (AvgIpc) is 2.44. The molecule has 0 saturated heterocycles. The first-order chi connectivity index (χ1) is 9.12. The number of aliphatic hydroxyl groups is 1. The molecule has 1 rings (SSSR count). The lowest BCUT2D eigenvalue weighted by Gasteiger charge is -2.16. The average molecular weight is 267 g/mol. The molecule has 0 spiro atoms. The minimum absolute atomic E-state index is 0.149. The van der Waals surface area contributed by atoms with Crippen LogP contribution in [0.15, 0.2) is 18.2 Å². The van der Waals surface area contributed by atoms with Crippen molar-refractivity contribution in [2.75, 3.05) is 13.7 Å². The molecule has 0 aliphatic heterocycles. The number of carbonyl (C=O) groups excluding carboxylic acids is 1. The molecule has 1 aromatic carbocycles. The normalized spacial score (nSPS) is 11.8. The Bertz CT molecular complexity index is 420. The van der Waals surface area contributed by atoms with Crippen molar-refractivity contribution in [3.8, 4) is 11.5 Å². The summed E-state index contributed by atoms with van der Waals surface area (Å²) in [6.45, 7) is 4.14. The summed E-state index contributed by atoms with van der Waals surface area (Å²) in [6, 6.07) is 5.20. The Morgan fingerprint density at radius 2 is 2.21 bits per heavy atom. The Hall–Kier alpha value is -1.75. The lowest BCUT2D eigenvalue weighted by molar-refractivity contribution is -0.126. The van der Waals surface area contributed by atoms with Crippen molar-refractivity contribution in [1.29, 1.82) is 0 Å². The first kappa shape index (κ1) is 15.3. The number of ether oxygens (including phenoxy) is 2. The number of rotatable bonds is 7. The summed E-state index contributed by atoms with van der Waals surface area (Å²) >= 11 is 0. The number of benzene rings is 1. The number of hydrogen-bond acceptors (Lipinski definition) is 4. The molecule has 19 heavy (non-hydrogen) atoms. The smallest absolute Gasteiger partial charge is 0.260 e. The second-order valence-electron chi connectivity index (χ2n) is 4.15. The number of amides is 1. The van der Waals surface area contributed by atoms with Gasteiger partial charge in [0.25, 0.3) is 5.91 Å². The highest BCUT2D eigenvalue weighted by molar-refractivity contribution is 5.80. The number of likely N-dealkylation sites (N-methyl/N-ethyl adjacent to an activating group) is 1. The standard InChI is InChI=1S/C14H21NO4/c1-4-7-18-12-6-5-11(9-16)13(8-12)19-10(2)14(17)15-3/h5-6,8,10,16H,4,7,9H2,1-3H3,(H,15,17). The Kier molecular flexibility index (Phi) is 6.15. The Labute approximate surface area is 113 Å². The summed E-state index contributed by atoms with van der Waals surface area (Å²) in [5.74, 6) is 0.911. The molecule has 1 unspecified atom stereocenters. The fraction of sp³-hybridized carbons (Fsp3) is 0.500. The van der Waals surface area contributed by atoms with Crippen molar-refractivity contribution in [1.82, 2.24) is 5.32 Å². The van der Waals surface area contributed by atoms with Gasteiger partial charge in [0.05, 0.1) is 13.2 Å². The molecule has 0 saturated carbocycles. The van der Waals surface area contributed by atoms with Crippen molar-refractivity contribution in [3.63, 3.8) is 0 Å². The van der Waals surface area contributed by atoms with Gasteiger partial charge in [0.15, 0.2) is 6.10 Å². The quantitative estimate of drug-likeness (QED) is 0.785. The summed E-state index contributed by atoms with van der Waals surface area (Å²) in [5, 5.41) is 11.8. The molecule has 0 aromatic heterocycles. The highest BCUT2D eigenvalue weighted by atomic mass is 16.5. The number of aliphatic hydroxyl groups excluding tert-OH is 1. The van der Waals surface area contributed by atoms with E-state index in [0.29, 0.717) is 23.7 Å². The molecule has 1 amide bonds. The molecule has 0 fully saturated rings. The second kappa shape index (κ2) is 7.63. The zero-order chi connectivity index (χ0) is 14.3. The maximum Gasteiger partial charge on any atom is 0.260 e. The van der Waals surface area contributed by atoms with Gasteiger partial charge < -0.3 is 19.9 Å². The van der Waals surface area contributed by atoms with Gasteiger partial charge in [0, 0.05) is 18.7 Å². The first-order valence-corrected chi connectivity index (χ1v) is 6.37. The zero-order valence-corrected chi connectivity index (χ0v) is 11.6. The van der Waals surface area contributed by atoms with Gasteiger partial charge in [0.1, 0.15) is 11.5 Å². The number of carbonyl (C=O) groups is 1. The molecule has 5 nitrogen and oxygen atoms in total. The summed E-state index contributed by atoms with van der Waals surface area (Å²) in [6.07, 6.45) is 0.281. The van der Waals surface area contributed by atoms with E-state index in [0.717, 1.165) is 6.42 Å². The van der Waals surface area contributed by atoms with E-state index in [4.69, 9.17) is 9.47 Å². The van der Waals surface area contributed by atoms with Gasteiger partial charge >= 0.3 is 0 Å². The van der Waals surface area contributed by atoms with E-state index < -0.39 is 6.10 Å². The molecule has 0 radical (unpaired) electrons. The predicted molar refractivity (Wildman–Crippen MR) is 72.3 cm³/mol. The Morgan fingerprint density at radius 3 is 2.79 bits per heavy atom. The fourth-order valence-corrected chi connectivity index (χ4v) is 1.53. The molecule has 106 valence electrons. The third kappa shape index (κ3) is 4.44. The molecule has 0 aliphatic rings. The van der Waals surface area contributed by atoms with E-state index in [9.17, 15) is 9.90 Å². The van der Waals surface area contributed by atoms with Crippen molar-refractivity contribution < 1.29 is 19.4 Å². The summed E-state index contributed by atoms with van der Waals surface area (Å²) in [5.41, 5.74) is 0.625. The van der Waals surface area contributed by atoms with Gasteiger partial charge in [-0.15, -0.1) is 0 Å². The molecule has 1 aromatic rings. The van der Waals surface area contributed by atoms with E-state index >= 15 is 0 Å². The molecule has 2 N–H and O–H groups in total. The van der Waals surface area contributed by atoms with Crippen LogP contribution in [-0.2, 0) is 11.4 Å². The molecular weight excluding hydrogens is 246 g/mol. The van der Waals surface area contributed by atoms with Gasteiger partial charge in [-0.1, -0.05) is 6.92 Å². The maximum atomic E-state index is 11.4. The van der Waals surface area contributed by atoms with Gasteiger partial charge in [-0.25, -0.2) is 0 Å². The highest BCUT2D eigenvalue weighted by Gasteiger charge is 2.15. The van der Waals surface area contributed by atoms with Gasteiger partial charge in [-0.05, 0) is 25.5 Å². The van der Waals surface area contributed by atoms with Crippen molar-refractivity contribution in [2.24, 2.45) is 0 Å². The second-order valence-corrected chi connectivity index (χ2v) is 4.15. The van der Waals surface area contributed by atoms with Crippen molar-refractivity contribution in [3.05, 3.63) is 23.8 Å². The molecule has 0 aliphatic carbocycles. The SMILES string of the molecule is CCCOc1ccc(CO)c(OC(C)C(=O)NC)c1. The Balaban J connectivity index is 2.86. The van der Waals surface area contributed by atoms with Crippen molar-refractivity contribution >= 4 is 5.91 Å².